The number of rotatable bonds is 3. The van der Waals surface area contributed by atoms with Gasteiger partial charge in [0, 0.05) is 6.07 Å². The molecule has 0 aliphatic carbocycles. The SMILES string of the molecule is COc1ccc2c(c1)[N+]([O-])=C(CBr)C[N+]2([O-])CBr. The molecule has 1 heterocycles. The van der Waals surface area contributed by atoms with Gasteiger partial charge in [-0.15, -0.1) is 0 Å². The topological polar surface area (TPSA) is 58.4 Å². The number of hydroxylamine groups is 2. The highest BCUT2D eigenvalue weighted by Crippen LogP contribution is 2.39. The van der Waals surface area contributed by atoms with Crippen molar-refractivity contribution in [3.8, 4) is 5.75 Å². The number of halogens is 2. The van der Waals surface area contributed by atoms with Crippen LogP contribution in [0.25, 0.3) is 0 Å². The third-order valence-electron chi connectivity index (χ3n) is 2.91. The molecule has 0 saturated carbocycles. The number of hydrogen-bond acceptors (Lipinski definition) is 3. The number of nitrogens with zero attached hydrogens (tertiary/aromatic N) is 2. The molecule has 0 saturated heterocycles. The molecule has 0 aromatic heterocycles. The fraction of sp³-hybridized carbons (Fsp3) is 0.364. The zero-order chi connectivity index (χ0) is 13.3. The van der Waals surface area contributed by atoms with Gasteiger partial charge < -0.3 is 19.8 Å². The normalized spacial score (nSPS) is 22.9. The maximum absolute atomic E-state index is 12.7. The second kappa shape index (κ2) is 5.16. The zero-order valence-electron chi connectivity index (χ0n) is 9.73. The second-order valence-corrected chi connectivity index (χ2v) is 5.08. The quantitative estimate of drug-likeness (QED) is 0.267. The number of methoxy groups -OCH3 is 1. The highest BCUT2D eigenvalue weighted by atomic mass is 79.9. The standard InChI is InChI=1S/C11H12Br2N2O3/c1-18-9-2-3-11-10(4-9)14(16)8(5-12)6-15(11,17)7-13/h2-4H,5-7H2,1H3. The molecule has 0 amide bonds. The molecule has 98 valence electrons. The van der Waals surface area contributed by atoms with Crippen molar-refractivity contribution < 1.29 is 9.48 Å². The van der Waals surface area contributed by atoms with Crippen LogP contribution in [0.4, 0.5) is 11.4 Å². The molecule has 18 heavy (non-hydrogen) atoms. The number of benzene rings is 1. The van der Waals surface area contributed by atoms with E-state index >= 15 is 0 Å². The van der Waals surface area contributed by atoms with Crippen molar-refractivity contribution in [2.24, 2.45) is 0 Å². The summed E-state index contributed by atoms with van der Waals surface area (Å²) in [6.45, 7) is 0.138. The van der Waals surface area contributed by atoms with Crippen LogP contribution in [0.5, 0.6) is 5.75 Å². The zero-order valence-corrected chi connectivity index (χ0v) is 12.9. The van der Waals surface area contributed by atoms with Gasteiger partial charge in [-0.1, -0.05) is 15.9 Å². The molecule has 2 rings (SSSR count). The average molecular weight is 380 g/mol. The molecule has 5 nitrogen and oxygen atoms in total. The van der Waals surface area contributed by atoms with E-state index in [1.165, 1.54) is 7.11 Å². The van der Waals surface area contributed by atoms with Gasteiger partial charge in [0.25, 0.3) is 5.69 Å². The van der Waals surface area contributed by atoms with Gasteiger partial charge in [-0.05, 0) is 22.0 Å². The first kappa shape index (κ1) is 13.8. The average Bonchev–Trinajstić information content (AvgIpc) is 2.42. The van der Waals surface area contributed by atoms with Gasteiger partial charge in [-0.3, -0.25) is 0 Å². The maximum Gasteiger partial charge on any atom is 0.282 e. The van der Waals surface area contributed by atoms with E-state index in [0.717, 1.165) is 4.74 Å². The summed E-state index contributed by atoms with van der Waals surface area (Å²) < 4.78 is 5.32. The minimum atomic E-state index is -0.584. The number of fused-ring (bicyclic) bond motifs is 1. The van der Waals surface area contributed by atoms with Crippen LogP contribution in [0.1, 0.15) is 0 Å². The Kier molecular flexibility index (Phi) is 3.96. The molecule has 0 spiro atoms. The highest BCUT2D eigenvalue weighted by Gasteiger charge is 2.37. The molecular formula is C11H12Br2N2O3. The Morgan fingerprint density at radius 1 is 1.44 bits per heavy atom. The molecule has 1 aliphatic rings. The van der Waals surface area contributed by atoms with Crippen molar-refractivity contribution in [2.75, 3.05) is 24.4 Å². The molecule has 1 aromatic carbocycles. The number of alkyl halides is 2. The van der Waals surface area contributed by atoms with Crippen molar-refractivity contribution in [3.63, 3.8) is 0 Å². The molecule has 1 unspecified atom stereocenters. The van der Waals surface area contributed by atoms with E-state index in [4.69, 9.17) is 4.74 Å². The van der Waals surface area contributed by atoms with Crippen molar-refractivity contribution >= 4 is 48.9 Å². The van der Waals surface area contributed by atoms with E-state index in [1.807, 2.05) is 0 Å². The molecule has 1 aliphatic heterocycles. The Hall–Kier alpha value is -0.630. The van der Waals surface area contributed by atoms with Gasteiger partial charge >= 0.3 is 0 Å². The Labute approximate surface area is 122 Å². The third kappa shape index (κ3) is 2.16. The Bertz CT molecular complexity index is 507. The van der Waals surface area contributed by atoms with Crippen molar-refractivity contribution in [3.05, 3.63) is 28.6 Å². The minimum absolute atomic E-state index is 0.138. The van der Waals surface area contributed by atoms with Gasteiger partial charge in [0.1, 0.15) is 11.2 Å². The van der Waals surface area contributed by atoms with Crippen LogP contribution in [-0.4, -0.2) is 34.9 Å². The van der Waals surface area contributed by atoms with Gasteiger partial charge in [0.15, 0.2) is 6.54 Å². The summed E-state index contributed by atoms with van der Waals surface area (Å²) >= 11 is 6.47. The smallest absolute Gasteiger partial charge is 0.282 e. The summed E-state index contributed by atoms with van der Waals surface area (Å²) in [6.07, 6.45) is 0. The van der Waals surface area contributed by atoms with Gasteiger partial charge in [-0.2, -0.15) is 4.74 Å². The fourth-order valence-electron chi connectivity index (χ4n) is 1.96. The summed E-state index contributed by atoms with van der Waals surface area (Å²) in [6, 6.07) is 4.94. The number of hydrogen-bond donors (Lipinski definition) is 0. The fourth-order valence-corrected chi connectivity index (χ4v) is 2.81. The summed E-state index contributed by atoms with van der Waals surface area (Å²) in [5, 5.41) is 25.2. The van der Waals surface area contributed by atoms with E-state index in [0.29, 0.717) is 28.2 Å². The summed E-state index contributed by atoms with van der Waals surface area (Å²) in [5.74, 6) is 0.562. The molecule has 0 radical (unpaired) electrons. The third-order valence-corrected chi connectivity index (χ3v) is 4.37. The highest BCUT2D eigenvalue weighted by molar-refractivity contribution is 9.09. The van der Waals surface area contributed by atoms with Crippen LogP contribution in [0.15, 0.2) is 18.2 Å². The van der Waals surface area contributed by atoms with Crippen LogP contribution < -0.4 is 9.38 Å². The summed E-state index contributed by atoms with van der Waals surface area (Å²) in [7, 11) is 1.53. The van der Waals surface area contributed by atoms with E-state index in [-0.39, 0.29) is 12.0 Å². The largest absolute Gasteiger partial charge is 0.626 e. The molecule has 7 heteroatoms. The molecule has 1 atom stereocenters. The first-order valence-electron chi connectivity index (χ1n) is 5.26. The number of ether oxygens (including phenoxy) is 1. The molecular weight excluding hydrogens is 368 g/mol. The van der Waals surface area contributed by atoms with Gasteiger partial charge in [-0.25, -0.2) is 0 Å². The summed E-state index contributed by atoms with van der Waals surface area (Å²) in [5.41, 5.74) is 1.51. The van der Waals surface area contributed by atoms with Crippen LogP contribution >= 0.6 is 31.9 Å². The predicted octanol–water partition coefficient (Wildman–Crippen LogP) is 2.84. The van der Waals surface area contributed by atoms with E-state index < -0.39 is 4.65 Å². The lowest BCUT2D eigenvalue weighted by atomic mass is 10.1. The minimum Gasteiger partial charge on any atom is -0.626 e. The Morgan fingerprint density at radius 2 is 2.17 bits per heavy atom. The maximum atomic E-state index is 12.7. The molecule has 0 N–H and O–H groups in total. The van der Waals surface area contributed by atoms with E-state index in [2.05, 4.69) is 31.9 Å². The monoisotopic (exact) mass is 378 g/mol. The van der Waals surface area contributed by atoms with Crippen molar-refractivity contribution in [2.45, 2.75) is 0 Å². The van der Waals surface area contributed by atoms with Crippen LogP contribution in [0.2, 0.25) is 0 Å². The first-order chi connectivity index (χ1) is 8.55. The lowest BCUT2D eigenvalue weighted by Gasteiger charge is -2.42. The van der Waals surface area contributed by atoms with Gasteiger partial charge in [0.2, 0.25) is 11.4 Å². The van der Waals surface area contributed by atoms with Crippen molar-refractivity contribution in [1.82, 2.24) is 4.65 Å². The lowest BCUT2D eigenvalue weighted by molar-refractivity contribution is -0.365. The van der Waals surface area contributed by atoms with Crippen LogP contribution in [0, 0.1) is 10.4 Å². The Balaban J connectivity index is 2.64. The van der Waals surface area contributed by atoms with Crippen LogP contribution in [-0.2, 0) is 0 Å². The molecule has 0 bridgehead atoms. The van der Waals surface area contributed by atoms with E-state index in [1.54, 1.807) is 18.2 Å². The number of quaternary nitrogens is 1. The second-order valence-electron chi connectivity index (χ2n) is 4.02. The van der Waals surface area contributed by atoms with E-state index in [9.17, 15) is 10.4 Å². The molecule has 1 aromatic rings. The summed E-state index contributed by atoms with van der Waals surface area (Å²) in [4.78, 5) is 0. The Morgan fingerprint density at radius 3 is 2.72 bits per heavy atom. The lowest BCUT2D eigenvalue weighted by Crippen LogP contribution is -2.50. The first-order valence-corrected chi connectivity index (χ1v) is 7.50. The predicted molar refractivity (Wildman–Crippen MR) is 78.9 cm³/mol. The van der Waals surface area contributed by atoms with Crippen molar-refractivity contribution in [1.29, 1.82) is 0 Å². The molecule has 0 fully saturated rings. The van der Waals surface area contributed by atoms with Gasteiger partial charge in [0.05, 0.1) is 18.5 Å². The van der Waals surface area contributed by atoms with Crippen LogP contribution in [0.3, 0.4) is 0 Å².